The molecule has 0 saturated carbocycles. The van der Waals surface area contributed by atoms with E-state index >= 15 is 0 Å². The summed E-state index contributed by atoms with van der Waals surface area (Å²) in [6, 6.07) is 13.4. The number of amides is 1. The monoisotopic (exact) mass is 402 g/mol. The number of aromatic amines is 1. The van der Waals surface area contributed by atoms with Crippen molar-refractivity contribution < 1.29 is 9.53 Å². The smallest absolute Gasteiger partial charge is 0.272 e. The molecule has 4 heterocycles. The summed E-state index contributed by atoms with van der Waals surface area (Å²) in [6.07, 6.45) is 3.34. The Labute approximate surface area is 170 Å². The fraction of sp³-hybridized carbons (Fsp3) is 0.190. The Hall–Kier alpha value is -3.85. The van der Waals surface area contributed by atoms with Gasteiger partial charge in [0.1, 0.15) is 6.04 Å². The van der Waals surface area contributed by atoms with Gasteiger partial charge in [-0.3, -0.25) is 19.7 Å². The van der Waals surface area contributed by atoms with E-state index in [2.05, 4.69) is 25.6 Å². The zero-order valence-corrected chi connectivity index (χ0v) is 15.9. The number of H-pyrrole nitrogens is 1. The Balaban J connectivity index is 1.43. The second-order valence-electron chi connectivity index (χ2n) is 7.04. The van der Waals surface area contributed by atoms with Crippen LogP contribution in [0.3, 0.4) is 0 Å². The maximum atomic E-state index is 12.9. The van der Waals surface area contributed by atoms with Crippen molar-refractivity contribution in [2.24, 2.45) is 0 Å². The highest BCUT2D eigenvalue weighted by atomic mass is 16.5. The summed E-state index contributed by atoms with van der Waals surface area (Å²) < 4.78 is 6.96. The van der Waals surface area contributed by atoms with Gasteiger partial charge in [-0.1, -0.05) is 18.2 Å². The van der Waals surface area contributed by atoms with Gasteiger partial charge < -0.3 is 10.1 Å². The molecule has 150 valence electrons. The maximum absolute atomic E-state index is 12.9. The number of pyridine rings is 1. The van der Waals surface area contributed by atoms with E-state index in [9.17, 15) is 9.59 Å². The van der Waals surface area contributed by atoms with Crippen LogP contribution in [0.5, 0.6) is 0 Å². The Kier molecular flexibility index (Phi) is 4.56. The number of para-hydroxylation sites is 1. The zero-order valence-electron chi connectivity index (χ0n) is 15.9. The molecule has 1 fully saturated rings. The molecule has 2 atom stereocenters. The molecule has 1 aromatic carbocycles. The van der Waals surface area contributed by atoms with Crippen molar-refractivity contribution in [2.45, 2.75) is 12.1 Å². The predicted molar refractivity (Wildman–Crippen MR) is 109 cm³/mol. The van der Waals surface area contributed by atoms with E-state index in [4.69, 9.17) is 4.74 Å². The van der Waals surface area contributed by atoms with E-state index in [1.165, 1.54) is 10.7 Å². The van der Waals surface area contributed by atoms with Crippen molar-refractivity contribution in [3.63, 3.8) is 0 Å². The molecule has 0 spiro atoms. The minimum atomic E-state index is -0.423. The van der Waals surface area contributed by atoms with E-state index in [0.717, 1.165) is 16.5 Å². The molecular weight excluding hydrogens is 384 g/mol. The molecule has 0 radical (unpaired) electrons. The second-order valence-corrected chi connectivity index (χ2v) is 7.04. The number of hydrogen-bond donors (Lipinski definition) is 2. The SMILES string of the molecule is O=C(NC1COCC1n1nc(-c2ccncc2)ccc1=O)c1n[nH]c2ccccc12. The summed E-state index contributed by atoms with van der Waals surface area (Å²) in [6.45, 7) is 0.561. The van der Waals surface area contributed by atoms with Crippen molar-refractivity contribution in [1.29, 1.82) is 0 Å². The van der Waals surface area contributed by atoms with Crippen molar-refractivity contribution in [2.75, 3.05) is 13.2 Å². The summed E-state index contributed by atoms with van der Waals surface area (Å²) in [5, 5.41) is 15.2. The van der Waals surface area contributed by atoms with Crippen LogP contribution >= 0.6 is 0 Å². The van der Waals surface area contributed by atoms with Gasteiger partial charge in [-0.25, -0.2) is 4.68 Å². The molecular formula is C21H18N6O3. The third kappa shape index (κ3) is 3.25. The zero-order chi connectivity index (χ0) is 20.5. The molecule has 0 aliphatic carbocycles. The number of ether oxygens (including phenoxy) is 1. The maximum Gasteiger partial charge on any atom is 0.272 e. The van der Waals surface area contributed by atoms with Crippen LogP contribution in [0.1, 0.15) is 16.5 Å². The number of rotatable bonds is 4. The molecule has 2 unspecified atom stereocenters. The quantitative estimate of drug-likeness (QED) is 0.535. The standard InChI is InChI=1S/C21H18N6O3/c28-19-6-5-15(13-7-9-22-10-8-13)26-27(19)18-12-30-11-17(18)23-21(29)20-14-3-1-2-4-16(14)24-25-20/h1-10,17-18H,11-12H2,(H,23,29)(H,24,25). The van der Waals surface area contributed by atoms with Crippen LogP contribution in [-0.2, 0) is 4.74 Å². The van der Waals surface area contributed by atoms with E-state index in [0.29, 0.717) is 11.4 Å². The van der Waals surface area contributed by atoms with Crippen LogP contribution in [-0.4, -0.2) is 50.1 Å². The highest BCUT2D eigenvalue weighted by Crippen LogP contribution is 2.21. The first kappa shape index (κ1) is 18.2. The molecule has 30 heavy (non-hydrogen) atoms. The molecule has 3 aromatic heterocycles. The molecule has 1 saturated heterocycles. The molecule has 2 N–H and O–H groups in total. The van der Waals surface area contributed by atoms with Crippen LogP contribution in [0.25, 0.3) is 22.2 Å². The summed E-state index contributed by atoms with van der Waals surface area (Å²) >= 11 is 0. The van der Waals surface area contributed by atoms with Gasteiger partial charge in [0.25, 0.3) is 11.5 Å². The number of carbonyl (C=O) groups excluding carboxylic acids is 1. The highest BCUT2D eigenvalue weighted by Gasteiger charge is 2.33. The minimum absolute atomic E-state index is 0.257. The number of nitrogens with zero attached hydrogens (tertiary/aromatic N) is 4. The lowest BCUT2D eigenvalue weighted by Gasteiger charge is -2.20. The summed E-state index contributed by atoms with van der Waals surface area (Å²) in [7, 11) is 0. The summed E-state index contributed by atoms with van der Waals surface area (Å²) in [5.41, 5.74) is 2.33. The van der Waals surface area contributed by atoms with E-state index in [-0.39, 0.29) is 24.7 Å². The number of nitrogens with one attached hydrogen (secondary N) is 2. The number of carbonyl (C=O) groups is 1. The van der Waals surface area contributed by atoms with Gasteiger partial charge in [-0.15, -0.1) is 0 Å². The topological polar surface area (TPSA) is 115 Å². The van der Waals surface area contributed by atoms with Crippen LogP contribution in [0.2, 0.25) is 0 Å². The second kappa shape index (κ2) is 7.53. The van der Waals surface area contributed by atoms with Crippen molar-refractivity contribution >= 4 is 16.8 Å². The van der Waals surface area contributed by atoms with Gasteiger partial charge in [0.05, 0.1) is 30.5 Å². The lowest BCUT2D eigenvalue weighted by atomic mass is 10.1. The van der Waals surface area contributed by atoms with Crippen molar-refractivity contribution in [1.82, 2.24) is 30.3 Å². The first-order chi connectivity index (χ1) is 14.7. The average molecular weight is 402 g/mol. The largest absolute Gasteiger partial charge is 0.377 e. The molecule has 0 bridgehead atoms. The molecule has 1 amide bonds. The van der Waals surface area contributed by atoms with E-state index < -0.39 is 12.1 Å². The summed E-state index contributed by atoms with van der Waals surface area (Å²) in [5.74, 6) is -0.328. The van der Waals surface area contributed by atoms with Crippen LogP contribution in [0, 0.1) is 0 Å². The van der Waals surface area contributed by atoms with Gasteiger partial charge in [-0.2, -0.15) is 10.2 Å². The highest BCUT2D eigenvalue weighted by molar-refractivity contribution is 6.04. The Bertz CT molecular complexity index is 1270. The first-order valence-electron chi connectivity index (χ1n) is 9.53. The molecule has 4 aromatic rings. The fourth-order valence-corrected chi connectivity index (χ4v) is 3.63. The van der Waals surface area contributed by atoms with Gasteiger partial charge in [-0.05, 0) is 24.3 Å². The predicted octanol–water partition coefficient (Wildman–Crippen LogP) is 1.55. The van der Waals surface area contributed by atoms with Crippen molar-refractivity contribution in [3.05, 3.63) is 77.0 Å². The lowest BCUT2D eigenvalue weighted by molar-refractivity contribution is 0.0921. The fourth-order valence-electron chi connectivity index (χ4n) is 3.63. The lowest BCUT2D eigenvalue weighted by Crippen LogP contribution is -2.44. The first-order valence-corrected chi connectivity index (χ1v) is 9.53. The number of hydrogen-bond acceptors (Lipinski definition) is 6. The molecule has 9 nitrogen and oxygen atoms in total. The van der Waals surface area contributed by atoms with E-state index in [1.807, 2.05) is 36.4 Å². The minimum Gasteiger partial charge on any atom is -0.377 e. The molecule has 1 aliphatic heterocycles. The Morgan fingerprint density at radius 1 is 1.10 bits per heavy atom. The van der Waals surface area contributed by atoms with Gasteiger partial charge >= 0.3 is 0 Å². The third-order valence-electron chi connectivity index (χ3n) is 5.17. The van der Waals surface area contributed by atoms with E-state index in [1.54, 1.807) is 18.5 Å². The normalized spacial score (nSPS) is 18.5. The third-order valence-corrected chi connectivity index (χ3v) is 5.17. The van der Waals surface area contributed by atoms with Gasteiger partial charge in [0.15, 0.2) is 5.69 Å². The average Bonchev–Trinajstić information content (AvgIpc) is 3.42. The Morgan fingerprint density at radius 2 is 1.93 bits per heavy atom. The van der Waals surface area contributed by atoms with Crippen LogP contribution < -0.4 is 10.9 Å². The Morgan fingerprint density at radius 3 is 2.80 bits per heavy atom. The molecule has 9 heteroatoms. The number of benzene rings is 1. The number of fused-ring (bicyclic) bond motifs is 1. The van der Waals surface area contributed by atoms with Crippen LogP contribution in [0.15, 0.2) is 65.7 Å². The summed E-state index contributed by atoms with van der Waals surface area (Å²) in [4.78, 5) is 29.4. The van der Waals surface area contributed by atoms with Crippen molar-refractivity contribution in [3.8, 4) is 11.3 Å². The van der Waals surface area contributed by atoms with Gasteiger partial charge in [0, 0.05) is 29.4 Å². The molecule has 1 aliphatic rings. The molecule has 5 rings (SSSR count). The van der Waals surface area contributed by atoms with Gasteiger partial charge in [0.2, 0.25) is 0 Å². The number of aromatic nitrogens is 5. The van der Waals surface area contributed by atoms with Crippen LogP contribution in [0.4, 0.5) is 0 Å².